The fourth-order valence-corrected chi connectivity index (χ4v) is 3.65. The number of nitrogens with one attached hydrogen (secondary N) is 1. The Hall–Kier alpha value is -1.43. The van der Waals surface area contributed by atoms with E-state index in [4.69, 9.17) is 16.3 Å². The van der Waals surface area contributed by atoms with Crippen molar-refractivity contribution in [3.05, 3.63) is 45.9 Å². The van der Waals surface area contributed by atoms with Gasteiger partial charge in [-0.1, -0.05) is 30.7 Å². The first-order chi connectivity index (χ1) is 11.0. The molecular weight excluding hydrogens is 332 g/mol. The van der Waals surface area contributed by atoms with Gasteiger partial charge in [-0.2, -0.15) is 0 Å². The van der Waals surface area contributed by atoms with Crippen molar-refractivity contribution >= 4 is 34.0 Å². The number of carbonyl (C=O) groups is 1. The van der Waals surface area contributed by atoms with Gasteiger partial charge in [-0.05, 0) is 30.5 Å². The normalized spacial score (nSPS) is 17.0. The van der Waals surface area contributed by atoms with Crippen LogP contribution in [0.2, 0.25) is 5.02 Å². The zero-order valence-electron chi connectivity index (χ0n) is 13.0. The Balaban J connectivity index is 1.64. The third-order valence-corrected chi connectivity index (χ3v) is 5.33. The minimum atomic E-state index is -0.364. The summed E-state index contributed by atoms with van der Waals surface area (Å²) in [6, 6.07) is 7.78. The number of thiazole rings is 1. The van der Waals surface area contributed by atoms with Crippen molar-refractivity contribution in [1.29, 1.82) is 0 Å². The smallest absolute Gasteiger partial charge is 0.232 e. The second-order valence-electron chi connectivity index (χ2n) is 6.07. The van der Waals surface area contributed by atoms with Crippen LogP contribution in [0.3, 0.4) is 0 Å². The highest BCUT2D eigenvalue weighted by molar-refractivity contribution is 7.15. The summed E-state index contributed by atoms with van der Waals surface area (Å²) in [5.74, 6) is 0.0319. The molecule has 1 aromatic heterocycles. The second-order valence-corrected chi connectivity index (χ2v) is 7.62. The Morgan fingerprint density at radius 1 is 1.43 bits per heavy atom. The lowest BCUT2D eigenvalue weighted by atomic mass is 9.81. The third kappa shape index (κ3) is 4.10. The van der Waals surface area contributed by atoms with Gasteiger partial charge in [0, 0.05) is 35.7 Å². The standard InChI is InChI=1S/C17H19ClN2O2S/c1-17(5-7-22-8-6-17)15(21)20-16-19-11-14(23-16)10-12-3-2-4-13(18)9-12/h2-4,9,11H,5-8,10H2,1H3,(H,19,20,21). The predicted octanol–water partition coefficient (Wildman–Crippen LogP) is 4.14. The molecule has 3 rings (SSSR count). The number of aromatic nitrogens is 1. The van der Waals surface area contributed by atoms with E-state index in [9.17, 15) is 4.79 Å². The number of hydrogen-bond donors (Lipinski definition) is 1. The molecule has 2 heterocycles. The van der Waals surface area contributed by atoms with Gasteiger partial charge in [0.25, 0.3) is 0 Å². The van der Waals surface area contributed by atoms with Crippen LogP contribution < -0.4 is 5.32 Å². The molecule has 122 valence electrons. The van der Waals surface area contributed by atoms with Gasteiger partial charge in [-0.3, -0.25) is 4.79 Å². The number of carbonyl (C=O) groups excluding carboxylic acids is 1. The van der Waals surface area contributed by atoms with E-state index in [0.717, 1.165) is 34.7 Å². The van der Waals surface area contributed by atoms with Crippen LogP contribution in [0.4, 0.5) is 5.13 Å². The van der Waals surface area contributed by atoms with Crippen LogP contribution in [0.15, 0.2) is 30.5 Å². The highest BCUT2D eigenvalue weighted by Crippen LogP contribution is 2.32. The van der Waals surface area contributed by atoms with Gasteiger partial charge < -0.3 is 10.1 Å². The molecule has 6 heteroatoms. The number of ether oxygens (including phenoxy) is 1. The Labute approximate surface area is 144 Å². The molecule has 1 saturated heterocycles. The van der Waals surface area contributed by atoms with E-state index in [-0.39, 0.29) is 11.3 Å². The highest BCUT2D eigenvalue weighted by atomic mass is 35.5. The molecule has 0 spiro atoms. The van der Waals surface area contributed by atoms with Gasteiger partial charge in [-0.15, -0.1) is 11.3 Å². The van der Waals surface area contributed by atoms with Gasteiger partial charge in [0.2, 0.25) is 5.91 Å². The molecule has 0 atom stereocenters. The molecule has 2 aromatic rings. The van der Waals surface area contributed by atoms with Gasteiger partial charge in [0.05, 0.1) is 5.41 Å². The van der Waals surface area contributed by atoms with Gasteiger partial charge >= 0.3 is 0 Å². The van der Waals surface area contributed by atoms with Gasteiger partial charge in [-0.25, -0.2) is 4.98 Å². The third-order valence-electron chi connectivity index (χ3n) is 4.19. The van der Waals surface area contributed by atoms with Crippen LogP contribution in [-0.2, 0) is 16.0 Å². The Morgan fingerprint density at radius 2 is 2.22 bits per heavy atom. The van der Waals surface area contributed by atoms with E-state index in [1.807, 2.05) is 37.4 Å². The van der Waals surface area contributed by atoms with Crippen molar-refractivity contribution in [2.75, 3.05) is 18.5 Å². The number of nitrogens with zero attached hydrogens (tertiary/aromatic N) is 1. The molecule has 1 aliphatic rings. The first kappa shape index (κ1) is 16.4. The molecule has 0 unspecified atom stereocenters. The maximum atomic E-state index is 12.5. The minimum Gasteiger partial charge on any atom is -0.381 e. The highest BCUT2D eigenvalue weighted by Gasteiger charge is 2.35. The number of rotatable bonds is 4. The fraction of sp³-hybridized carbons (Fsp3) is 0.412. The van der Waals surface area contributed by atoms with E-state index < -0.39 is 0 Å². The summed E-state index contributed by atoms with van der Waals surface area (Å²) >= 11 is 7.51. The first-order valence-electron chi connectivity index (χ1n) is 7.63. The maximum Gasteiger partial charge on any atom is 0.232 e. The zero-order chi connectivity index (χ0) is 16.3. The lowest BCUT2D eigenvalue weighted by molar-refractivity contribution is -0.129. The van der Waals surface area contributed by atoms with Crippen LogP contribution >= 0.6 is 22.9 Å². The lowest BCUT2D eigenvalue weighted by Crippen LogP contribution is -2.38. The van der Waals surface area contributed by atoms with E-state index in [0.29, 0.717) is 18.3 Å². The predicted molar refractivity (Wildman–Crippen MR) is 93.2 cm³/mol. The average Bonchev–Trinajstić information content (AvgIpc) is 2.95. The summed E-state index contributed by atoms with van der Waals surface area (Å²) in [5, 5.41) is 4.34. The lowest BCUT2D eigenvalue weighted by Gasteiger charge is -2.31. The Bertz CT molecular complexity index is 695. The molecule has 0 bridgehead atoms. The molecule has 1 amide bonds. The number of hydrogen-bond acceptors (Lipinski definition) is 4. The molecule has 1 N–H and O–H groups in total. The fourth-order valence-electron chi connectivity index (χ4n) is 2.59. The van der Waals surface area contributed by atoms with E-state index >= 15 is 0 Å². The SMILES string of the molecule is CC1(C(=O)Nc2ncc(Cc3cccc(Cl)c3)s2)CCOCC1. The number of halogens is 1. The van der Waals surface area contributed by atoms with Crippen molar-refractivity contribution in [3.8, 4) is 0 Å². The monoisotopic (exact) mass is 350 g/mol. The van der Waals surface area contributed by atoms with E-state index in [1.165, 1.54) is 11.3 Å². The van der Waals surface area contributed by atoms with Crippen molar-refractivity contribution in [2.45, 2.75) is 26.2 Å². The van der Waals surface area contributed by atoms with Crippen LogP contribution in [0.5, 0.6) is 0 Å². The molecule has 1 fully saturated rings. The maximum absolute atomic E-state index is 12.5. The van der Waals surface area contributed by atoms with Crippen molar-refractivity contribution in [3.63, 3.8) is 0 Å². The minimum absolute atomic E-state index is 0.0319. The average molecular weight is 351 g/mol. The first-order valence-corrected chi connectivity index (χ1v) is 8.83. The quantitative estimate of drug-likeness (QED) is 0.901. The summed E-state index contributed by atoms with van der Waals surface area (Å²) in [5.41, 5.74) is 0.771. The number of amides is 1. The topological polar surface area (TPSA) is 51.2 Å². The van der Waals surface area contributed by atoms with Gasteiger partial charge in [0.1, 0.15) is 0 Å². The molecule has 0 radical (unpaired) electrons. The number of benzene rings is 1. The van der Waals surface area contributed by atoms with Crippen molar-refractivity contribution in [1.82, 2.24) is 4.98 Å². The summed E-state index contributed by atoms with van der Waals surface area (Å²) in [7, 11) is 0. The summed E-state index contributed by atoms with van der Waals surface area (Å²) in [6.45, 7) is 3.27. The van der Waals surface area contributed by atoms with E-state index in [2.05, 4.69) is 10.3 Å². The van der Waals surface area contributed by atoms with Crippen LogP contribution in [0.25, 0.3) is 0 Å². The molecule has 1 aromatic carbocycles. The molecule has 0 saturated carbocycles. The number of anilines is 1. The molecule has 23 heavy (non-hydrogen) atoms. The summed E-state index contributed by atoms with van der Waals surface area (Å²) in [6.07, 6.45) is 4.08. The molecule has 1 aliphatic heterocycles. The van der Waals surface area contributed by atoms with Gasteiger partial charge in [0.15, 0.2) is 5.13 Å². The summed E-state index contributed by atoms with van der Waals surface area (Å²) < 4.78 is 5.34. The van der Waals surface area contributed by atoms with Crippen LogP contribution in [0.1, 0.15) is 30.2 Å². The van der Waals surface area contributed by atoms with Crippen LogP contribution in [0, 0.1) is 5.41 Å². The Kier molecular flexibility index (Phi) is 4.99. The zero-order valence-corrected chi connectivity index (χ0v) is 14.5. The van der Waals surface area contributed by atoms with Crippen molar-refractivity contribution < 1.29 is 9.53 Å². The Morgan fingerprint density at radius 3 is 2.96 bits per heavy atom. The molecular formula is C17H19ClN2O2S. The second kappa shape index (κ2) is 6.99. The molecule has 0 aliphatic carbocycles. The van der Waals surface area contributed by atoms with Crippen molar-refractivity contribution in [2.24, 2.45) is 5.41 Å². The molecule has 4 nitrogen and oxygen atoms in total. The largest absolute Gasteiger partial charge is 0.381 e. The summed E-state index contributed by atoms with van der Waals surface area (Å²) in [4.78, 5) is 17.9. The van der Waals surface area contributed by atoms with Crippen LogP contribution in [-0.4, -0.2) is 24.1 Å². The van der Waals surface area contributed by atoms with E-state index in [1.54, 1.807) is 0 Å².